The van der Waals surface area contributed by atoms with Crippen LogP contribution in [0.1, 0.15) is 57.4 Å². The van der Waals surface area contributed by atoms with Crippen molar-refractivity contribution in [2.24, 2.45) is 11.7 Å². The zero-order chi connectivity index (χ0) is 30.6. The van der Waals surface area contributed by atoms with Crippen molar-refractivity contribution in [3.05, 3.63) is 48.3 Å². The second kappa shape index (κ2) is 20.0. The van der Waals surface area contributed by atoms with Crippen molar-refractivity contribution in [1.29, 1.82) is 0 Å². The lowest BCUT2D eigenvalue weighted by Gasteiger charge is -2.24. The summed E-state index contributed by atoms with van der Waals surface area (Å²) in [5.41, 5.74) is 5.04. The molecule has 0 aliphatic carbocycles. The van der Waals surface area contributed by atoms with Crippen LogP contribution in [0.3, 0.4) is 0 Å². The van der Waals surface area contributed by atoms with Gasteiger partial charge in [-0.1, -0.05) is 32.0 Å². The Labute approximate surface area is 241 Å². The Balaban J connectivity index is 0.000000333. The van der Waals surface area contributed by atoms with Gasteiger partial charge in [-0.05, 0) is 31.4 Å². The first-order chi connectivity index (χ1) is 19.5. The Morgan fingerprint density at radius 3 is 2.46 bits per heavy atom. The third-order valence-electron chi connectivity index (χ3n) is 5.11. The highest BCUT2D eigenvalue weighted by atomic mass is 16.7. The van der Waals surface area contributed by atoms with Crippen LogP contribution >= 0.6 is 0 Å². The van der Waals surface area contributed by atoms with Crippen LogP contribution in [0.4, 0.5) is 0 Å². The number of pyridine rings is 1. The van der Waals surface area contributed by atoms with Gasteiger partial charge < -0.3 is 39.3 Å². The van der Waals surface area contributed by atoms with Gasteiger partial charge in [0, 0.05) is 45.2 Å². The zero-order valence-electron chi connectivity index (χ0n) is 24.4. The number of nitrogens with two attached hydrogens (primary N) is 1. The van der Waals surface area contributed by atoms with Crippen molar-refractivity contribution in [2.75, 3.05) is 33.7 Å². The van der Waals surface area contributed by atoms with Crippen molar-refractivity contribution >= 4 is 17.8 Å². The average molecular weight is 579 g/mol. The molecule has 0 bridgehead atoms. The molecule has 228 valence electrons. The number of amides is 1. The highest BCUT2D eigenvalue weighted by Crippen LogP contribution is 2.29. The van der Waals surface area contributed by atoms with E-state index in [2.05, 4.69) is 23.6 Å². The van der Waals surface area contributed by atoms with E-state index in [-0.39, 0.29) is 42.2 Å². The first kappa shape index (κ1) is 35.1. The molecule has 1 fully saturated rings. The van der Waals surface area contributed by atoms with Gasteiger partial charge in [-0.15, -0.1) is 0 Å². The summed E-state index contributed by atoms with van der Waals surface area (Å²) in [7, 11) is 1.40. The second-order valence-electron chi connectivity index (χ2n) is 9.35. The Morgan fingerprint density at radius 1 is 1.20 bits per heavy atom. The number of phenolic OH excluding ortho intramolecular Hbond substituents is 1. The van der Waals surface area contributed by atoms with Crippen molar-refractivity contribution < 1.29 is 47.9 Å². The van der Waals surface area contributed by atoms with E-state index in [1.54, 1.807) is 24.3 Å². The molecule has 2 atom stereocenters. The minimum Gasteiger partial charge on any atom is -0.508 e. The lowest BCUT2D eigenvalue weighted by atomic mass is 10.1. The third kappa shape index (κ3) is 16.1. The molecule has 2 unspecified atom stereocenters. The highest BCUT2D eigenvalue weighted by molar-refractivity contribution is 5.94. The van der Waals surface area contributed by atoms with Gasteiger partial charge in [0.25, 0.3) is 5.91 Å². The fourth-order valence-corrected chi connectivity index (χ4v) is 3.25. The predicted molar refractivity (Wildman–Crippen MR) is 149 cm³/mol. The number of aromatic hydroxyl groups is 1. The fourth-order valence-electron chi connectivity index (χ4n) is 3.25. The number of carbonyl (C=O) groups excluding carboxylic acids is 3. The Morgan fingerprint density at radius 2 is 1.90 bits per heavy atom. The number of aromatic nitrogens is 1. The average Bonchev–Trinajstić information content (AvgIpc) is 2.92. The van der Waals surface area contributed by atoms with Crippen LogP contribution in [0, 0.1) is 5.92 Å². The van der Waals surface area contributed by atoms with Gasteiger partial charge in [0.2, 0.25) is 6.79 Å². The van der Waals surface area contributed by atoms with E-state index in [0.29, 0.717) is 44.3 Å². The van der Waals surface area contributed by atoms with Crippen molar-refractivity contribution in [1.82, 2.24) is 4.98 Å². The number of rotatable bonds is 8. The number of phenols is 1. The molecule has 12 heteroatoms. The number of cyclic esters (lactones) is 1. The molecule has 1 aromatic carbocycles. The van der Waals surface area contributed by atoms with Crippen LogP contribution in [0.15, 0.2) is 42.6 Å². The van der Waals surface area contributed by atoms with Gasteiger partial charge in [0.15, 0.2) is 17.2 Å². The number of methoxy groups -OCH3 is 1. The lowest BCUT2D eigenvalue weighted by Crippen LogP contribution is -2.29. The van der Waals surface area contributed by atoms with Gasteiger partial charge in [-0.3, -0.25) is 14.4 Å². The largest absolute Gasteiger partial charge is 0.508 e. The minimum absolute atomic E-state index is 0.0262. The molecular weight excluding hydrogens is 536 g/mol. The van der Waals surface area contributed by atoms with E-state index in [9.17, 15) is 14.4 Å². The summed E-state index contributed by atoms with van der Waals surface area (Å²) in [6, 6.07) is 10.2. The Kier molecular flexibility index (Phi) is 17.2. The summed E-state index contributed by atoms with van der Waals surface area (Å²) in [5, 5.41) is 8.63. The molecule has 0 radical (unpaired) electrons. The number of benzene rings is 1. The Bertz CT molecular complexity index is 1050. The SMILES string of the molecule is CC(C)COC1COCCCC(=O)OC(C)C1.COc1ccnc(C(N)=O)c1OCOC(C)=O.Oc1ccccc1. The molecule has 1 aliphatic heterocycles. The van der Waals surface area contributed by atoms with E-state index in [1.807, 2.05) is 13.0 Å². The van der Waals surface area contributed by atoms with Gasteiger partial charge in [-0.2, -0.15) is 0 Å². The van der Waals surface area contributed by atoms with Crippen LogP contribution < -0.4 is 15.2 Å². The van der Waals surface area contributed by atoms with E-state index >= 15 is 0 Å². The number of ether oxygens (including phenoxy) is 6. The summed E-state index contributed by atoms with van der Waals surface area (Å²) >= 11 is 0. The zero-order valence-corrected chi connectivity index (χ0v) is 24.4. The topological polar surface area (TPSA) is 166 Å². The minimum atomic E-state index is -0.762. The predicted octanol–water partition coefficient (Wildman–Crippen LogP) is 3.64. The summed E-state index contributed by atoms with van der Waals surface area (Å²) < 4.78 is 31.2. The second-order valence-corrected chi connectivity index (χ2v) is 9.35. The molecule has 12 nitrogen and oxygen atoms in total. The molecular formula is C29H42N2O10. The fraction of sp³-hybridized carbons (Fsp3) is 0.517. The van der Waals surface area contributed by atoms with E-state index in [0.717, 1.165) is 6.42 Å². The molecule has 1 amide bonds. The molecule has 3 rings (SSSR count). The number of primary amides is 1. The molecule has 2 heterocycles. The van der Waals surface area contributed by atoms with Gasteiger partial charge in [0.05, 0.1) is 19.8 Å². The first-order valence-electron chi connectivity index (χ1n) is 13.2. The summed E-state index contributed by atoms with van der Waals surface area (Å²) in [4.78, 5) is 36.8. The van der Waals surface area contributed by atoms with Crippen LogP contribution in [0.2, 0.25) is 0 Å². The number of nitrogens with zero attached hydrogens (tertiary/aromatic N) is 1. The standard InChI is InChI=1S/C13H24O4.C10H12N2O5.C6H6O/c1-10(2)8-16-12-7-11(3)17-13(14)5-4-6-15-9-12;1-6(13)16-5-17-9-7(15-2)3-4-12-8(9)10(11)14;7-6-4-2-1-3-5-6/h10-12H,4-9H2,1-3H3;3-4H,5H2,1-2H3,(H2,11,14);1-5,7H. The van der Waals surface area contributed by atoms with Gasteiger partial charge in [-0.25, -0.2) is 4.98 Å². The normalized spacial score (nSPS) is 17.0. The molecule has 1 saturated heterocycles. The van der Waals surface area contributed by atoms with E-state index in [1.165, 1.54) is 26.3 Å². The van der Waals surface area contributed by atoms with Crippen LogP contribution in [-0.4, -0.2) is 73.9 Å². The van der Waals surface area contributed by atoms with E-state index in [4.69, 9.17) is 34.5 Å². The number of para-hydroxylation sites is 1. The maximum atomic E-state index is 11.4. The van der Waals surface area contributed by atoms with Gasteiger partial charge >= 0.3 is 11.9 Å². The third-order valence-corrected chi connectivity index (χ3v) is 5.11. The molecule has 1 aliphatic rings. The molecule has 0 spiro atoms. The number of carbonyl (C=O) groups is 3. The number of hydrogen-bond donors (Lipinski definition) is 2. The first-order valence-corrected chi connectivity index (χ1v) is 13.2. The summed E-state index contributed by atoms with van der Waals surface area (Å²) in [6.07, 6.45) is 3.17. The summed E-state index contributed by atoms with van der Waals surface area (Å²) in [6.45, 7) is 8.94. The maximum absolute atomic E-state index is 11.4. The van der Waals surface area contributed by atoms with Crippen molar-refractivity contribution in [3.8, 4) is 17.2 Å². The number of esters is 2. The maximum Gasteiger partial charge on any atom is 0.306 e. The van der Waals surface area contributed by atoms with Crippen LogP contribution in [-0.2, 0) is 28.5 Å². The van der Waals surface area contributed by atoms with Crippen molar-refractivity contribution in [2.45, 2.75) is 59.2 Å². The lowest BCUT2D eigenvalue weighted by molar-refractivity contribution is -0.152. The summed E-state index contributed by atoms with van der Waals surface area (Å²) in [5.74, 6) is -0.253. The smallest absolute Gasteiger partial charge is 0.306 e. The molecule has 0 saturated carbocycles. The highest BCUT2D eigenvalue weighted by Gasteiger charge is 2.19. The quantitative estimate of drug-likeness (QED) is 0.347. The molecule has 1 aromatic heterocycles. The van der Waals surface area contributed by atoms with Crippen molar-refractivity contribution in [3.63, 3.8) is 0 Å². The molecule has 3 N–H and O–H groups in total. The van der Waals surface area contributed by atoms with E-state index < -0.39 is 11.9 Å². The Hall–Kier alpha value is -3.90. The number of hydrogen-bond acceptors (Lipinski definition) is 11. The van der Waals surface area contributed by atoms with Crippen LogP contribution in [0.5, 0.6) is 17.2 Å². The van der Waals surface area contributed by atoms with Gasteiger partial charge in [0.1, 0.15) is 11.9 Å². The molecule has 2 aromatic rings. The van der Waals surface area contributed by atoms with Crippen LogP contribution in [0.25, 0.3) is 0 Å². The molecule has 41 heavy (non-hydrogen) atoms. The monoisotopic (exact) mass is 578 g/mol.